The van der Waals surface area contributed by atoms with Crippen LogP contribution in [0.4, 0.5) is 0 Å². The van der Waals surface area contributed by atoms with Crippen molar-refractivity contribution in [2.24, 2.45) is 5.73 Å². The van der Waals surface area contributed by atoms with Gasteiger partial charge in [-0.2, -0.15) is 0 Å². The Balaban J connectivity index is 4.66. The third-order valence-electron chi connectivity index (χ3n) is 2.95. The van der Waals surface area contributed by atoms with Crippen molar-refractivity contribution in [2.45, 2.75) is 38.4 Å². The van der Waals surface area contributed by atoms with Gasteiger partial charge in [-0.1, -0.05) is 13.8 Å². The Morgan fingerprint density at radius 3 is 1.58 bits per heavy atom. The van der Waals surface area contributed by atoms with Gasteiger partial charge in [0.05, 0.1) is 5.16 Å². The van der Waals surface area contributed by atoms with Crippen LogP contribution in [0.2, 0.25) is 6.55 Å². The fourth-order valence-corrected chi connectivity index (χ4v) is 3.65. The summed E-state index contributed by atoms with van der Waals surface area (Å²) in [5.41, 5.74) is 6.21. The lowest BCUT2D eigenvalue weighted by molar-refractivity contribution is 0.207. The van der Waals surface area contributed by atoms with Gasteiger partial charge in [-0.25, -0.2) is 0 Å². The first-order valence-electron chi connectivity index (χ1n) is 4.38. The van der Waals surface area contributed by atoms with E-state index in [0.717, 1.165) is 12.8 Å². The van der Waals surface area contributed by atoms with Gasteiger partial charge in [-0.05, 0) is 19.4 Å². The minimum Gasteiger partial charge on any atom is -0.397 e. The van der Waals surface area contributed by atoms with Crippen molar-refractivity contribution >= 4 is 8.56 Å². The summed E-state index contributed by atoms with van der Waals surface area (Å²) in [5.74, 6) is 0. The predicted octanol–water partition coefficient (Wildman–Crippen LogP) is 1.41. The monoisotopic (exact) mass is 191 g/mol. The maximum atomic E-state index is 6.21. The lowest BCUT2D eigenvalue weighted by Gasteiger charge is -2.39. The van der Waals surface area contributed by atoms with Crippen LogP contribution in [0.5, 0.6) is 0 Å². The van der Waals surface area contributed by atoms with E-state index in [9.17, 15) is 0 Å². The molecule has 0 aromatic heterocycles. The van der Waals surface area contributed by atoms with Crippen LogP contribution < -0.4 is 5.73 Å². The van der Waals surface area contributed by atoms with E-state index < -0.39 is 8.56 Å². The summed E-state index contributed by atoms with van der Waals surface area (Å²) in [6.07, 6.45) is 1.79. The van der Waals surface area contributed by atoms with Crippen molar-refractivity contribution < 1.29 is 8.85 Å². The van der Waals surface area contributed by atoms with E-state index in [1.165, 1.54) is 0 Å². The maximum absolute atomic E-state index is 6.21. The van der Waals surface area contributed by atoms with Gasteiger partial charge in [0.1, 0.15) is 0 Å². The molecule has 4 heteroatoms. The van der Waals surface area contributed by atoms with Gasteiger partial charge in [0.2, 0.25) is 0 Å². The Morgan fingerprint density at radius 2 is 1.50 bits per heavy atom. The molecule has 12 heavy (non-hydrogen) atoms. The molecule has 0 saturated heterocycles. The second-order valence-electron chi connectivity index (χ2n) is 3.22. The summed E-state index contributed by atoms with van der Waals surface area (Å²) in [6, 6.07) is 0. The first-order chi connectivity index (χ1) is 5.49. The van der Waals surface area contributed by atoms with Gasteiger partial charge < -0.3 is 14.6 Å². The largest absolute Gasteiger partial charge is 0.397 e. The van der Waals surface area contributed by atoms with E-state index in [1.54, 1.807) is 14.2 Å². The standard InChI is InChI=1S/C8H21NO2Si/c1-6-8(9,7-2)12(5,10-3)11-4/h6-7,9H2,1-5H3. The Morgan fingerprint density at radius 1 is 1.17 bits per heavy atom. The first-order valence-corrected chi connectivity index (χ1v) is 6.70. The van der Waals surface area contributed by atoms with Crippen LogP contribution in [0.15, 0.2) is 0 Å². The fourth-order valence-electron chi connectivity index (χ4n) is 1.38. The molecule has 0 fully saturated rings. The van der Waals surface area contributed by atoms with E-state index in [-0.39, 0.29) is 5.16 Å². The summed E-state index contributed by atoms with van der Waals surface area (Å²) in [4.78, 5) is 0. The minimum atomic E-state index is -2.17. The van der Waals surface area contributed by atoms with Crippen LogP contribution in [-0.2, 0) is 8.85 Å². The zero-order chi connectivity index (χ0) is 9.83. The van der Waals surface area contributed by atoms with Crippen molar-refractivity contribution in [3.63, 3.8) is 0 Å². The molecule has 2 N–H and O–H groups in total. The van der Waals surface area contributed by atoms with Gasteiger partial charge in [0.25, 0.3) is 0 Å². The Bertz CT molecular complexity index is 117. The summed E-state index contributed by atoms with van der Waals surface area (Å²) in [7, 11) is 1.19. The first kappa shape index (κ1) is 12.1. The fraction of sp³-hybridized carbons (Fsp3) is 1.00. The molecule has 0 aromatic rings. The molecular weight excluding hydrogens is 170 g/mol. The van der Waals surface area contributed by atoms with Crippen molar-refractivity contribution in [3.8, 4) is 0 Å². The number of hydrogen-bond donors (Lipinski definition) is 1. The second kappa shape index (κ2) is 4.37. The minimum absolute atomic E-state index is 0.267. The second-order valence-corrected chi connectivity index (χ2v) is 6.92. The molecule has 0 atom stereocenters. The van der Waals surface area contributed by atoms with Crippen LogP contribution in [-0.4, -0.2) is 27.9 Å². The summed E-state index contributed by atoms with van der Waals surface area (Å²) < 4.78 is 10.9. The lowest BCUT2D eigenvalue weighted by Crippen LogP contribution is -2.65. The molecule has 74 valence electrons. The highest BCUT2D eigenvalue weighted by Gasteiger charge is 2.48. The van der Waals surface area contributed by atoms with E-state index in [1.807, 2.05) is 6.55 Å². The third-order valence-corrected chi connectivity index (χ3v) is 7.02. The van der Waals surface area contributed by atoms with Crippen LogP contribution >= 0.6 is 0 Å². The molecule has 0 heterocycles. The van der Waals surface area contributed by atoms with Gasteiger partial charge in [0, 0.05) is 14.2 Å². The summed E-state index contributed by atoms with van der Waals surface area (Å²) in [5, 5.41) is -0.267. The van der Waals surface area contributed by atoms with Gasteiger partial charge >= 0.3 is 8.56 Å². The average Bonchev–Trinajstić information content (AvgIpc) is 2.15. The van der Waals surface area contributed by atoms with Gasteiger partial charge in [0.15, 0.2) is 0 Å². The summed E-state index contributed by atoms with van der Waals surface area (Å²) >= 11 is 0. The summed E-state index contributed by atoms with van der Waals surface area (Å²) in [6.45, 7) is 6.17. The highest BCUT2D eigenvalue weighted by Crippen LogP contribution is 2.25. The SMILES string of the molecule is CCC(N)(CC)[Si](C)(OC)OC. The molecule has 0 unspecified atom stereocenters. The number of hydrogen-bond acceptors (Lipinski definition) is 3. The molecule has 0 saturated carbocycles. The molecule has 3 nitrogen and oxygen atoms in total. The van der Waals surface area contributed by atoms with Crippen LogP contribution in [0.25, 0.3) is 0 Å². The smallest absolute Gasteiger partial charge is 0.354 e. The molecule has 0 rings (SSSR count). The highest BCUT2D eigenvalue weighted by molar-refractivity contribution is 6.69. The van der Waals surface area contributed by atoms with Gasteiger partial charge in [-0.3, -0.25) is 0 Å². The van der Waals surface area contributed by atoms with Crippen LogP contribution in [0, 0.1) is 0 Å². The molecular formula is C8H21NO2Si. The van der Waals surface area contributed by atoms with Crippen molar-refractivity contribution in [1.29, 1.82) is 0 Å². The third kappa shape index (κ3) is 1.88. The van der Waals surface area contributed by atoms with E-state index in [0.29, 0.717) is 0 Å². The average molecular weight is 191 g/mol. The zero-order valence-electron chi connectivity index (χ0n) is 8.81. The molecule has 0 aliphatic rings. The van der Waals surface area contributed by atoms with Crippen molar-refractivity contribution in [2.75, 3.05) is 14.2 Å². The van der Waals surface area contributed by atoms with Crippen molar-refractivity contribution in [1.82, 2.24) is 0 Å². The van der Waals surface area contributed by atoms with Gasteiger partial charge in [-0.15, -0.1) is 0 Å². The zero-order valence-corrected chi connectivity index (χ0v) is 9.81. The van der Waals surface area contributed by atoms with E-state index in [4.69, 9.17) is 14.6 Å². The topological polar surface area (TPSA) is 44.5 Å². The highest BCUT2D eigenvalue weighted by atomic mass is 28.4. The molecule has 0 bridgehead atoms. The molecule has 0 aliphatic carbocycles. The van der Waals surface area contributed by atoms with Crippen LogP contribution in [0.1, 0.15) is 26.7 Å². The Labute approximate surface area is 76.5 Å². The molecule has 0 spiro atoms. The Kier molecular flexibility index (Phi) is 4.40. The molecule has 0 aliphatic heterocycles. The van der Waals surface area contributed by atoms with E-state index >= 15 is 0 Å². The quantitative estimate of drug-likeness (QED) is 0.668. The predicted molar refractivity (Wildman–Crippen MR) is 53.1 cm³/mol. The lowest BCUT2D eigenvalue weighted by atomic mass is 10.2. The Hall–Kier alpha value is 0.0969. The van der Waals surface area contributed by atoms with E-state index in [2.05, 4.69) is 13.8 Å². The maximum Gasteiger partial charge on any atom is 0.354 e. The normalized spacial score (nSPS) is 13.5. The van der Waals surface area contributed by atoms with Crippen molar-refractivity contribution in [3.05, 3.63) is 0 Å². The number of nitrogens with two attached hydrogens (primary N) is 1. The molecule has 0 aromatic carbocycles. The number of rotatable bonds is 5. The van der Waals surface area contributed by atoms with Crippen LogP contribution in [0.3, 0.4) is 0 Å². The molecule has 0 radical (unpaired) electrons. The molecule has 0 amide bonds.